The molecule has 6 heteroatoms. The summed E-state index contributed by atoms with van der Waals surface area (Å²) in [5.41, 5.74) is 2.34. The summed E-state index contributed by atoms with van der Waals surface area (Å²) >= 11 is 0. The minimum atomic E-state index is -1.04. The predicted molar refractivity (Wildman–Crippen MR) is 103 cm³/mol. The van der Waals surface area contributed by atoms with E-state index in [4.69, 9.17) is 4.74 Å². The molecule has 1 N–H and O–H groups in total. The number of ether oxygens (including phenoxy) is 1. The zero-order valence-electron chi connectivity index (χ0n) is 14.8. The Balaban J connectivity index is 1.79. The maximum Gasteiger partial charge on any atom is 0.335 e. The van der Waals surface area contributed by atoms with Gasteiger partial charge in [-0.25, -0.2) is 9.78 Å². The minimum absolute atomic E-state index is 0.120. The zero-order valence-corrected chi connectivity index (χ0v) is 14.8. The lowest BCUT2D eigenvalue weighted by atomic mass is 10.1. The second kappa shape index (κ2) is 6.72. The number of aromatic nitrogens is 2. The van der Waals surface area contributed by atoms with Crippen molar-refractivity contribution in [1.29, 1.82) is 0 Å². The van der Waals surface area contributed by atoms with Crippen LogP contribution in [0.2, 0.25) is 0 Å². The SMILES string of the molecule is CCOc1ccc(/C=C2\CCn3c2nc2cc(C(=O)O)ccc2c3=O)cc1. The third-order valence-electron chi connectivity index (χ3n) is 4.63. The second-order valence-corrected chi connectivity index (χ2v) is 6.35. The van der Waals surface area contributed by atoms with Crippen LogP contribution in [0.3, 0.4) is 0 Å². The Morgan fingerprint density at radius 3 is 2.74 bits per heavy atom. The Hall–Kier alpha value is -3.41. The number of allylic oxidation sites excluding steroid dienone is 1. The molecule has 0 fully saturated rings. The molecule has 136 valence electrons. The number of aromatic carboxylic acids is 1. The fourth-order valence-electron chi connectivity index (χ4n) is 3.32. The molecule has 1 aliphatic rings. The zero-order chi connectivity index (χ0) is 19.0. The first-order chi connectivity index (χ1) is 13.1. The van der Waals surface area contributed by atoms with Crippen molar-refractivity contribution in [2.75, 3.05) is 6.61 Å². The Kier molecular flexibility index (Phi) is 4.24. The number of hydrogen-bond donors (Lipinski definition) is 1. The summed E-state index contributed by atoms with van der Waals surface area (Å²) in [5.74, 6) is 0.376. The summed E-state index contributed by atoms with van der Waals surface area (Å²) in [6.07, 6.45) is 2.71. The number of benzene rings is 2. The van der Waals surface area contributed by atoms with E-state index in [9.17, 15) is 14.7 Å². The Labute approximate surface area is 155 Å². The van der Waals surface area contributed by atoms with E-state index >= 15 is 0 Å². The van der Waals surface area contributed by atoms with E-state index in [1.807, 2.05) is 37.3 Å². The highest BCUT2D eigenvalue weighted by Gasteiger charge is 2.21. The van der Waals surface area contributed by atoms with E-state index in [-0.39, 0.29) is 11.1 Å². The molecule has 3 aromatic rings. The first-order valence-electron chi connectivity index (χ1n) is 8.78. The predicted octanol–water partition coefficient (Wildman–Crippen LogP) is 3.44. The second-order valence-electron chi connectivity index (χ2n) is 6.35. The van der Waals surface area contributed by atoms with Crippen molar-refractivity contribution in [3.05, 3.63) is 69.8 Å². The van der Waals surface area contributed by atoms with Gasteiger partial charge in [0.1, 0.15) is 11.6 Å². The van der Waals surface area contributed by atoms with E-state index < -0.39 is 5.97 Å². The quantitative estimate of drug-likeness (QED) is 0.769. The Bertz CT molecular complexity index is 1130. The smallest absolute Gasteiger partial charge is 0.335 e. The highest BCUT2D eigenvalue weighted by Crippen LogP contribution is 2.28. The van der Waals surface area contributed by atoms with Gasteiger partial charge in [0.15, 0.2) is 0 Å². The third-order valence-corrected chi connectivity index (χ3v) is 4.63. The van der Waals surface area contributed by atoms with E-state index in [1.165, 1.54) is 18.2 Å². The molecule has 6 nitrogen and oxygen atoms in total. The largest absolute Gasteiger partial charge is 0.494 e. The molecule has 2 aromatic carbocycles. The molecule has 0 saturated heterocycles. The maximum absolute atomic E-state index is 12.7. The van der Waals surface area contributed by atoms with Gasteiger partial charge in [-0.1, -0.05) is 12.1 Å². The van der Waals surface area contributed by atoms with Crippen molar-refractivity contribution in [2.45, 2.75) is 19.9 Å². The molecule has 4 rings (SSSR count). The van der Waals surface area contributed by atoms with Gasteiger partial charge in [-0.3, -0.25) is 9.36 Å². The standard InChI is InChI=1S/C21H18N2O4/c1-2-27-16-6-3-13(4-7-16)11-14-9-10-23-19(14)22-18-12-15(21(25)26)5-8-17(18)20(23)24/h3-8,11-12H,2,9-10H2,1H3,(H,25,26)/b14-11+. The molecule has 0 radical (unpaired) electrons. The van der Waals surface area contributed by atoms with Gasteiger partial charge in [-0.15, -0.1) is 0 Å². The molecule has 0 atom stereocenters. The molecule has 1 aromatic heterocycles. The number of hydrogen-bond acceptors (Lipinski definition) is 4. The van der Waals surface area contributed by atoms with Gasteiger partial charge in [0, 0.05) is 6.54 Å². The molecule has 27 heavy (non-hydrogen) atoms. The van der Waals surface area contributed by atoms with Crippen LogP contribution in [0, 0.1) is 0 Å². The molecular formula is C21H18N2O4. The minimum Gasteiger partial charge on any atom is -0.494 e. The van der Waals surface area contributed by atoms with Gasteiger partial charge in [0.25, 0.3) is 5.56 Å². The molecular weight excluding hydrogens is 344 g/mol. The van der Waals surface area contributed by atoms with Crippen molar-refractivity contribution >= 4 is 28.5 Å². The first-order valence-corrected chi connectivity index (χ1v) is 8.78. The summed E-state index contributed by atoms with van der Waals surface area (Å²) in [7, 11) is 0. The first kappa shape index (κ1) is 17.0. The topological polar surface area (TPSA) is 81.4 Å². The number of fused-ring (bicyclic) bond motifs is 2. The normalized spacial score (nSPS) is 14.5. The summed E-state index contributed by atoms with van der Waals surface area (Å²) in [6.45, 7) is 3.13. The van der Waals surface area contributed by atoms with Crippen LogP contribution < -0.4 is 10.3 Å². The summed E-state index contributed by atoms with van der Waals surface area (Å²) < 4.78 is 7.11. The van der Waals surface area contributed by atoms with Gasteiger partial charge < -0.3 is 9.84 Å². The molecule has 0 saturated carbocycles. The number of carbonyl (C=O) groups is 1. The van der Waals surface area contributed by atoms with Crippen LogP contribution in [-0.2, 0) is 6.54 Å². The average molecular weight is 362 g/mol. The number of carboxylic acid groups (broad SMARTS) is 1. The molecule has 0 unspecified atom stereocenters. The van der Waals surface area contributed by atoms with E-state index in [1.54, 1.807) is 4.57 Å². The molecule has 2 heterocycles. The van der Waals surface area contributed by atoms with E-state index in [0.717, 1.165) is 16.9 Å². The lowest BCUT2D eigenvalue weighted by molar-refractivity contribution is 0.0697. The molecule has 0 spiro atoms. The number of rotatable bonds is 4. The number of nitrogens with zero attached hydrogens (tertiary/aromatic N) is 2. The van der Waals surface area contributed by atoms with E-state index in [2.05, 4.69) is 4.98 Å². The van der Waals surface area contributed by atoms with Crippen LogP contribution >= 0.6 is 0 Å². The van der Waals surface area contributed by atoms with Gasteiger partial charge in [0.2, 0.25) is 0 Å². The van der Waals surface area contributed by atoms with Gasteiger partial charge in [-0.05, 0) is 60.9 Å². The molecule has 1 aliphatic heterocycles. The summed E-state index contributed by atoms with van der Waals surface area (Å²) in [4.78, 5) is 28.5. The fraction of sp³-hybridized carbons (Fsp3) is 0.190. The van der Waals surface area contributed by atoms with Crippen molar-refractivity contribution in [3.63, 3.8) is 0 Å². The lowest BCUT2D eigenvalue weighted by Gasteiger charge is -2.07. The Morgan fingerprint density at radius 2 is 2.04 bits per heavy atom. The number of carboxylic acids is 1. The van der Waals surface area contributed by atoms with Crippen LogP contribution in [0.15, 0.2) is 47.3 Å². The van der Waals surface area contributed by atoms with Gasteiger partial charge in [-0.2, -0.15) is 0 Å². The lowest BCUT2D eigenvalue weighted by Crippen LogP contribution is -2.20. The van der Waals surface area contributed by atoms with Crippen molar-refractivity contribution in [1.82, 2.24) is 9.55 Å². The van der Waals surface area contributed by atoms with Crippen LogP contribution in [-0.4, -0.2) is 27.2 Å². The van der Waals surface area contributed by atoms with Crippen LogP contribution in [0.5, 0.6) is 5.75 Å². The van der Waals surface area contributed by atoms with Crippen LogP contribution in [0.4, 0.5) is 0 Å². The maximum atomic E-state index is 12.7. The van der Waals surface area contributed by atoms with Crippen LogP contribution in [0.1, 0.15) is 35.1 Å². The molecule has 0 aliphatic carbocycles. The highest BCUT2D eigenvalue weighted by atomic mass is 16.5. The van der Waals surface area contributed by atoms with Crippen molar-refractivity contribution < 1.29 is 14.6 Å². The monoisotopic (exact) mass is 362 g/mol. The summed E-state index contributed by atoms with van der Waals surface area (Å²) in [5, 5.41) is 9.62. The third kappa shape index (κ3) is 3.10. The van der Waals surface area contributed by atoms with Gasteiger partial charge in [0.05, 0.1) is 23.1 Å². The van der Waals surface area contributed by atoms with Gasteiger partial charge >= 0.3 is 5.97 Å². The van der Waals surface area contributed by atoms with Crippen molar-refractivity contribution in [3.8, 4) is 5.75 Å². The summed E-state index contributed by atoms with van der Waals surface area (Å²) in [6, 6.07) is 12.2. The van der Waals surface area contributed by atoms with Crippen molar-refractivity contribution in [2.24, 2.45) is 0 Å². The van der Waals surface area contributed by atoms with E-state index in [0.29, 0.717) is 36.3 Å². The Morgan fingerprint density at radius 1 is 1.26 bits per heavy atom. The van der Waals surface area contributed by atoms with Crippen LogP contribution in [0.25, 0.3) is 22.6 Å². The average Bonchev–Trinajstić information content (AvgIpc) is 3.06. The fourth-order valence-corrected chi connectivity index (χ4v) is 3.32. The molecule has 0 amide bonds. The highest BCUT2D eigenvalue weighted by molar-refractivity contribution is 5.93. The molecule has 0 bridgehead atoms.